The van der Waals surface area contributed by atoms with Crippen molar-refractivity contribution in [3.8, 4) is 5.75 Å². The molecule has 118 valence electrons. The molecule has 0 aliphatic heterocycles. The molecule has 0 aliphatic rings. The van der Waals surface area contributed by atoms with Gasteiger partial charge in [-0.15, -0.1) is 0 Å². The Kier molecular flexibility index (Phi) is 4.85. The summed E-state index contributed by atoms with van der Waals surface area (Å²) in [5.41, 5.74) is 0.258. The third-order valence-electron chi connectivity index (χ3n) is 3.07. The number of hydrogen-bond donors (Lipinski definition) is 0. The molecule has 0 saturated heterocycles. The Morgan fingerprint density at radius 1 is 1.00 bits per heavy atom. The van der Waals surface area contributed by atoms with Crippen LogP contribution >= 0.6 is 0 Å². The highest BCUT2D eigenvalue weighted by molar-refractivity contribution is 5.47. The van der Waals surface area contributed by atoms with E-state index in [0.717, 1.165) is 10.5 Å². The average Bonchev–Trinajstić information content (AvgIpc) is 2.47. The zero-order chi connectivity index (χ0) is 16.3. The van der Waals surface area contributed by atoms with Crippen molar-refractivity contribution < 1.29 is 22.3 Å². The summed E-state index contributed by atoms with van der Waals surface area (Å²) in [6.45, 7) is 2.05. The van der Waals surface area contributed by atoms with Gasteiger partial charge in [0.1, 0.15) is 18.0 Å². The first-order chi connectivity index (χ1) is 10.4. The van der Waals surface area contributed by atoms with E-state index in [9.17, 15) is 17.6 Å². The summed E-state index contributed by atoms with van der Waals surface area (Å²) in [6, 6.07) is 7.21. The minimum absolute atomic E-state index is 0.0324. The van der Waals surface area contributed by atoms with Gasteiger partial charge in [-0.25, -0.2) is 0 Å². The number of benzene rings is 1. The van der Waals surface area contributed by atoms with E-state index in [1.807, 2.05) is 19.1 Å². The quantitative estimate of drug-likeness (QED) is 0.624. The lowest BCUT2D eigenvalue weighted by Gasteiger charge is -2.20. The van der Waals surface area contributed by atoms with E-state index in [2.05, 4.69) is 4.98 Å². The summed E-state index contributed by atoms with van der Waals surface area (Å²) in [4.78, 5) is 3.55. The van der Waals surface area contributed by atoms with Crippen molar-refractivity contribution in [1.29, 1.82) is 0 Å². The number of ether oxygens (including phenoxy) is 1. The maximum absolute atomic E-state index is 13.6. The van der Waals surface area contributed by atoms with Crippen LogP contribution in [-0.4, -0.2) is 25.2 Å². The van der Waals surface area contributed by atoms with Gasteiger partial charge >= 0.3 is 0 Å². The summed E-state index contributed by atoms with van der Waals surface area (Å²) in [6.07, 6.45) is 0. The van der Waals surface area contributed by atoms with Crippen LogP contribution in [0.3, 0.4) is 0 Å². The largest absolute Gasteiger partial charge is 0.492 e. The molecular formula is C15H14F4N2O. The second-order valence-electron chi connectivity index (χ2n) is 4.75. The van der Waals surface area contributed by atoms with Gasteiger partial charge in [0, 0.05) is 7.05 Å². The van der Waals surface area contributed by atoms with Crippen LogP contribution in [0.1, 0.15) is 5.56 Å². The van der Waals surface area contributed by atoms with Crippen LogP contribution in [0.15, 0.2) is 24.3 Å². The van der Waals surface area contributed by atoms with Crippen molar-refractivity contribution in [2.45, 2.75) is 6.92 Å². The number of rotatable bonds is 5. The highest BCUT2D eigenvalue weighted by atomic mass is 19.2. The topological polar surface area (TPSA) is 25.4 Å². The molecule has 1 aromatic carbocycles. The van der Waals surface area contributed by atoms with Gasteiger partial charge in [0.15, 0.2) is 0 Å². The predicted octanol–water partition coefficient (Wildman–Crippen LogP) is 3.46. The lowest BCUT2D eigenvalue weighted by molar-refractivity contribution is 0.324. The highest BCUT2D eigenvalue weighted by Crippen LogP contribution is 2.25. The number of anilines is 1. The van der Waals surface area contributed by atoms with Gasteiger partial charge in [-0.05, 0) is 19.1 Å². The first-order valence-corrected chi connectivity index (χ1v) is 6.50. The molecule has 0 atom stereocenters. The monoisotopic (exact) mass is 314 g/mol. The number of pyridine rings is 1. The minimum Gasteiger partial charge on any atom is -0.492 e. The van der Waals surface area contributed by atoms with E-state index in [-0.39, 0.29) is 13.2 Å². The van der Waals surface area contributed by atoms with Gasteiger partial charge in [0.2, 0.25) is 11.6 Å². The fourth-order valence-electron chi connectivity index (χ4n) is 1.86. The standard InChI is InChI=1S/C15H14F4N2O/c1-9-3-5-10(6-4-9)22-8-7-21(2)13-11(16)14(18)20-15(19)12(13)17/h3-6H,7-8H2,1-2H3. The highest BCUT2D eigenvalue weighted by Gasteiger charge is 2.23. The zero-order valence-corrected chi connectivity index (χ0v) is 12.0. The van der Waals surface area contributed by atoms with Crippen molar-refractivity contribution >= 4 is 5.69 Å². The van der Waals surface area contributed by atoms with Crippen molar-refractivity contribution in [2.75, 3.05) is 25.1 Å². The van der Waals surface area contributed by atoms with E-state index >= 15 is 0 Å². The van der Waals surface area contributed by atoms with Gasteiger partial charge in [-0.3, -0.25) is 0 Å². The Morgan fingerprint density at radius 2 is 1.55 bits per heavy atom. The molecule has 0 spiro atoms. The first kappa shape index (κ1) is 16.1. The van der Waals surface area contributed by atoms with Crippen LogP contribution in [0.2, 0.25) is 0 Å². The summed E-state index contributed by atoms with van der Waals surface area (Å²) in [5.74, 6) is -5.83. The van der Waals surface area contributed by atoms with Crippen LogP contribution in [0.5, 0.6) is 5.75 Å². The first-order valence-electron chi connectivity index (χ1n) is 6.50. The summed E-state index contributed by atoms with van der Waals surface area (Å²) >= 11 is 0. The van der Waals surface area contributed by atoms with E-state index in [1.165, 1.54) is 7.05 Å². The van der Waals surface area contributed by atoms with Gasteiger partial charge < -0.3 is 9.64 Å². The SMILES string of the molecule is Cc1ccc(OCCN(C)c2c(F)c(F)nc(F)c2F)cc1. The molecule has 2 rings (SSSR count). The number of aromatic nitrogens is 1. The molecule has 7 heteroatoms. The van der Waals surface area contributed by atoms with Crippen molar-refractivity contribution in [3.63, 3.8) is 0 Å². The minimum atomic E-state index is -1.68. The third-order valence-corrected chi connectivity index (χ3v) is 3.07. The smallest absolute Gasteiger partial charge is 0.253 e. The van der Waals surface area contributed by atoms with Crippen LogP contribution in [0.4, 0.5) is 23.2 Å². The fraction of sp³-hybridized carbons (Fsp3) is 0.267. The molecule has 0 N–H and O–H groups in total. The van der Waals surface area contributed by atoms with Crippen LogP contribution < -0.4 is 9.64 Å². The van der Waals surface area contributed by atoms with Crippen LogP contribution in [0, 0.1) is 30.5 Å². The Morgan fingerprint density at radius 3 is 2.09 bits per heavy atom. The molecule has 0 unspecified atom stereocenters. The van der Waals surface area contributed by atoms with E-state index < -0.39 is 29.2 Å². The van der Waals surface area contributed by atoms with Gasteiger partial charge in [-0.1, -0.05) is 17.7 Å². The predicted molar refractivity (Wildman–Crippen MR) is 74.0 cm³/mol. The summed E-state index contributed by atoms with van der Waals surface area (Å²) < 4.78 is 58.6. The number of likely N-dealkylation sites (N-methyl/N-ethyl adjacent to an activating group) is 1. The summed E-state index contributed by atoms with van der Waals surface area (Å²) in [5, 5.41) is 0. The Labute approximate surface area is 125 Å². The van der Waals surface area contributed by atoms with Crippen LogP contribution in [-0.2, 0) is 0 Å². The molecule has 0 aliphatic carbocycles. The maximum Gasteiger partial charge on any atom is 0.253 e. The van der Waals surface area contributed by atoms with Crippen molar-refractivity contribution in [2.24, 2.45) is 0 Å². The third kappa shape index (κ3) is 3.47. The summed E-state index contributed by atoms with van der Waals surface area (Å²) in [7, 11) is 1.30. The number of hydrogen-bond acceptors (Lipinski definition) is 3. The van der Waals surface area contributed by atoms with Gasteiger partial charge in [-0.2, -0.15) is 22.5 Å². The van der Waals surface area contributed by atoms with E-state index in [4.69, 9.17) is 4.74 Å². The molecule has 2 aromatic rings. The molecule has 0 radical (unpaired) electrons. The van der Waals surface area contributed by atoms with Gasteiger partial charge in [0.05, 0.1) is 6.54 Å². The van der Waals surface area contributed by atoms with E-state index in [1.54, 1.807) is 12.1 Å². The second-order valence-corrected chi connectivity index (χ2v) is 4.75. The molecule has 1 aromatic heterocycles. The van der Waals surface area contributed by atoms with E-state index in [0.29, 0.717) is 5.75 Å². The molecule has 22 heavy (non-hydrogen) atoms. The molecule has 0 bridgehead atoms. The maximum atomic E-state index is 13.6. The number of nitrogens with zero attached hydrogens (tertiary/aromatic N) is 2. The van der Waals surface area contributed by atoms with Crippen molar-refractivity contribution in [1.82, 2.24) is 4.98 Å². The molecule has 0 amide bonds. The van der Waals surface area contributed by atoms with Gasteiger partial charge in [0.25, 0.3) is 11.9 Å². The number of aryl methyl sites for hydroxylation is 1. The second kappa shape index (κ2) is 6.64. The Bertz CT molecular complexity index is 635. The zero-order valence-electron chi connectivity index (χ0n) is 12.0. The number of halogens is 4. The molecule has 0 fully saturated rings. The Hall–Kier alpha value is -2.31. The lowest BCUT2D eigenvalue weighted by atomic mass is 10.2. The molecule has 3 nitrogen and oxygen atoms in total. The normalized spacial score (nSPS) is 10.6. The van der Waals surface area contributed by atoms with Crippen molar-refractivity contribution in [3.05, 3.63) is 53.4 Å². The Balaban J connectivity index is 2.04. The van der Waals surface area contributed by atoms with Crippen LogP contribution in [0.25, 0.3) is 0 Å². The molecular weight excluding hydrogens is 300 g/mol. The molecule has 0 saturated carbocycles. The lowest BCUT2D eigenvalue weighted by Crippen LogP contribution is -2.27. The fourth-order valence-corrected chi connectivity index (χ4v) is 1.86. The molecule has 1 heterocycles. The average molecular weight is 314 g/mol.